The molecule has 0 bridgehead atoms. The average Bonchev–Trinajstić information content (AvgIpc) is 2.68. The molecule has 2 amide bonds. The summed E-state index contributed by atoms with van der Waals surface area (Å²) in [7, 11) is 0. The summed E-state index contributed by atoms with van der Waals surface area (Å²) < 4.78 is 38.1. The second kappa shape index (κ2) is 8.34. The van der Waals surface area contributed by atoms with E-state index < -0.39 is 12.1 Å². The summed E-state index contributed by atoms with van der Waals surface area (Å²) in [4.78, 5) is 24.8. The van der Waals surface area contributed by atoms with Crippen molar-refractivity contribution in [2.24, 2.45) is 0 Å². The van der Waals surface area contributed by atoms with Gasteiger partial charge in [-0.15, -0.1) is 0 Å². The van der Waals surface area contributed by atoms with Gasteiger partial charge < -0.3 is 15.5 Å². The number of anilines is 1. The number of benzene rings is 1. The molecule has 2 heterocycles. The fourth-order valence-corrected chi connectivity index (χ4v) is 3.76. The van der Waals surface area contributed by atoms with Crippen LogP contribution in [0.4, 0.5) is 18.9 Å². The number of carbonyl (C=O) groups excluding carboxylic acids is 2. The van der Waals surface area contributed by atoms with Crippen molar-refractivity contribution < 1.29 is 22.8 Å². The molecule has 1 fully saturated rings. The third-order valence-electron chi connectivity index (χ3n) is 5.33. The van der Waals surface area contributed by atoms with Crippen LogP contribution in [0.25, 0.3) is 5.57 Å². The Morgan fingerprint density at radius 1 is 1.21 bits per heavy atom. The lowest BCUT2D eigenvalue weighted by atomic mass is 9.86. The highest BCUT2D eigenvalue weighted by Gasteiger charge is 2.39. The molecule has 0 unspecified atom stereocenters. The third kappa shape index (κ3) is 4.73. The van der Waals surface area contributed by atoms with Crippen LogP contribution in [0.3, 0.4) is 0 Å². The minimum atomic E-state index is -4.94. The number of alkyl halides is 3. The van der Waals surface area contributed by atoms with Gasteiger partial charge in [0, 0.05) is 37.8 Å². The predicted molar refractivity (Wildman–Crippen MR) is 101 cm³/mol. The molecule has 1 saturated heterocycles. The highest BCUT2D eigenvalue weighted by molar-refractivity contribution is 5.97. The maximum absolute atomic E-state index is 12.7. The lowest BCUT2D eigenvalue weighted by Crippen LogP contribution is -2.36. The summed E-state index contributed by atoms with van der Waals surface area (Å²) in [5.41, 5.74) is 2.69. The average molecular weight is 395 g/mol. The van der Waals surface area contributed by atoms with Crippen molar-refractivity contribution in [1.82, 2.24) is 10.2 Å². The maximum atomic E-state index is 12.7. The SMILES string of the molecule is CC(=O)N1CCC(c2ccc(NC(=O)C(F)(F)F)c(C3=CCCNC3)c2)CC1. The van der Waals surface area contributed by atoms with Crippen LogP contribution in [-0.4, -0.2) is 49.1 Å². The molecule has 0 radical (unpaired) electrons. The number of hydrogen-bond acceptors (Lipinski definition) is 3. The molecule has 3 rings (SSSR count). The van der Waals surface area contributed by atoms with Crippen LogP contribution in [0.1, 0.15) is 43.2 Å². The van der Waals surface area contributed by atoms with Crippen LogP contribution in [0.15, 0.2) is 24.3 Å². The number of likely N-dealkylation sites (tertiary alicyclic amines) is 1. The first-order chi connectivity index (χ1) is 13.3. The largest absolute Gasteiger partial charge is 0.471 e. The van der Waals surface area contributed by atoms with Gasteiger partial charge in [0.25, 0.3) is 0 Å². The van der Waals surface area contributed by atoms with Crippen molar-refractivity contribution in [1.29, 1.82) is 0 Å². The molecule has 5 nitrogen and oxygen atoms in total. The summed E-state index contributed by atoms with van der Waals surface area (Å²) in [6.07, 6.45) is -0.537. The summed E-state index contributed by atoms with van der Waals surface area (Å²) in [5, 5.41) is 5.23. The molecule has 0 aliphatic carbocycles. The molecule has 1 aromatic carbocycles. The fraction of sp³-hybridized carbons (Fsp3) is 0.500. The van der Waals surface area contributed by atoms with Gasteiger partial charge in [-0.1, -0.05) is 12.1 Å². The Bertz CT molecular complexity index is 781. The van der Waals surface area contributed by atoms with Gasteiger partial charge in [0.05, 0.1) is 0 Å². The monoisotopic (exact) mass is 395 g/mol. The Morgan fingerprint density at radius 2 is 1.93 bits per heavy atom. The first-order valence-electron chi connectivity index (χ1n) is 9.43. The number of nitrogens with one attached hydrogen (secondary N) is 2. The van der Waals surface area contributed by atoms with Crippen LogP contribution in [0.5, 0.6) is 0 Å². The molecular formula is C20H24F3N3O2. The number of rotatable bonds is 3. The van der Waals surface area contributed by atoms with Crippen LogP contribution < -0.4 is 10.6 Å². The molecule has 8 heteroatoms. The Kier molecular flexibility index (Phi) is 6.07. The van der Waals surface area contributed by atoms with E-state index in [1.165, 1.54) is 0 Å². The Labute approximate surface area is 162 Å². The van der Waals surface area contributed by atoms with E-state index in [0.717, 1.165) is 36.9 Å². The van der Waals surface area contributed by atoms with E-state index in [4.69, 9.17) is 0 Å². The quantitative estimate of drug-likeness (QED) is 0.826. The number of carbonyl (C=O) groups is 2. The zero-order valence-electron chi connectivity index (χ0n) is 15.7. The van der Waals surface area contributed by atoms with Crippen LogP contribution in [0.2, 0.25) is 0 Å². The van der Waals surface area contributed by atoms with Crippen molar-refractivity contribution >= 4 is 23.1 Å². The predicted octanol–water partition coefficient (Wildman–Crippen LogP) is 3.29. The summed E-state index contributed by atoms with van der Waals surface area (Å²) >= 11 is 0. The van der Waals surface area contributed by atoms with E-state index in [1.807, 2.05) is 22.4 Å². The molecule has 2 N–H and O–H groups in total. The summed E-state index contributed by atoms with van der Waals surface area (Å²) in [5.74, 6) is -1.68. The molecular weight excluding hydrogens is 371 g/mol. The first kappa shape index (κ1) is 20.4. The molecule has 0 aromatic heterocycles. The fourth-order valence-electron chi connectivity index (χ4n) is 3.76. The summed E-state index contributed by atoms with van der Waals surface area (Å²) in [6.45, 7) is 4.26. The van der Waals surface area contributed by atoms with E-state index >= 15 is 0 Å². The van der Waals surface area contributed by atoms with Crippen LogP contribution in [0, 0.1) is 0 Å². The zero-order valence-corrected chi connectivity index (χ0v) is 15.7. The second-order valence-electron chi connectivity index (χ2n) is 7.23. The smallest absolute Gasteiger partial charge is 0.343 e. The molecule has 152 valence electrons. The Balaban J connectivity index is 1.87. The molecule has 2 aliphatic rings. The summed E-state index contributed by atoms with van der Waals surface area (Å²) in [6, 6.07) is 5.22. The lowest BCUT2D eigenvalue weighted by Gasteiger charge is -2.32. The molecule has 0 spiro atoms. The zero-order chi connectivity index (χ0) is 20.3. The van der Waals surface area contributed by atoms with Crippen LogP contribution >= 0.6 is 0 Å². The van der Waals surface area contributed by atoms with Gasteiger partial charge in [-0.2, -0.15) is 13.2 Å². The van der Waals surface area contributed by atoms with E-state index in [0.29, 0.717) is 25.2 Å². The van der Waals surface area contributed by atoms with Gasteiger partial charge in [-0.3, -0.25) is 9.59 Å². The third-order valence-corrected chi connectivity index (χ3v) is 5.33. The van der Waals surface area contributed by atoms with Gasteiger partial charge in [-0.25, -0.2) is 0 Å². The molecule has 0 atom stereocenters. The van der Waals surface area contributed by atoms with Gasteiger partial charge in [0.2, 0.25) is 5.91 Å². The van der Waals surface area contributed by atoms with Crippen molar-refractivity contribution in [2.45, 2.75) is 38.3 Å². The van der Waals surface area contributed by atoms with Crippen molar-refractivity contribution in [2.75, 3.05) is 31.5 Å². The minimum Gasteiger partial charge on any atom is -0.343 e. The van der Waals surface area contributed by atoms with Gasteiger partial charge >= 0.3 is 12.1 Å². The van der Waals surface area contributed by atoms with E-state index in [1.54, 1.807) is 19.1 Å². The first-order valence-corrected chi connectivity index (χ1v) is 9.43. The molecule has 1 aromatic rings. The molecule has 2 aliphatic heterocycles. The Morgan fingerprint density at radius 3 is 2.50 bits per heavy atom. The number of halogens is 3. The van der Waals surface area contributed by atoms with E-state index in [-0.39, 0.29) is 17.5 Å². The topological polar surface area (TPSA) is 61.4 Å². The van der Waals surface area contributed by atoms with E-state index in [2.05, 4.69) is 5.32 Å². The lowest BCUT2D eigenvalue weighted by molar-refractivity contribution is -0.167. The number of hydrogen-bond donors (Lipinski definition) is 2. The van der Waals surface area contributed by atoms with Crippen molar-refractivity contribution in [3.05, 3.63) is 35.4 Å². The normalized spacial score (nSPS) is 18.6. The van der Waals surface area contributed by atoms with Gasteiger partial charge in [-0.05, 0) is 55.0 Å². The molecule has 0 saturated carbocycles. The van der Waals surface area contributed by atoms with Gasteiger partial charge in [0.1, 0.15) is 0 Å². The van der Waals surface area contributed by atoms with Crippen molar-refractivity contribution in [3.63, 3.8) is 0 Å². The number of nitrogens with zero attached hydrogens (tertiary/aromatic N) is 1. The highest BCUT2D eigenvalue weighted by atomic mass is 19.4. The maximum Gasteiger partial charge on any atom is 0.471 e. The number of piperidine rings is 1. The number of amides is 2. The second-order valence-corrected chi connectivity index (χ2v) is 7.23. The standard InChI is InChI=1S/C20H24F3N3O2/c1-13(27)26-9-6-14(7-10-26)15-4-5-18(25-19(28)20(21,22)23)17(11-15)16-3-2-8-24-12-16/h3-5,11,14,24H,2,6-10,12H2,1H3,(H,25,28). The minimum absolute atomic E-state index is 0.0581. The molecule has 28 heavy (non-hydrogen) atoms. The highest BCUT2D eigenvalue weighted by Crippen LogP contribution is 2.34. The van der Waals surface area contributed by atoms with E-state index in [9.17, 15) is 22.8 Å². The van der Waals surface area contributed by atoms with Crippen molar-refractivity contribution in [3.8, 4) is 0 Å². The Hall–Kier alpha value is -2.35. The van der Waals surface area contributed by atoms with Gasteiger partial charge in [0.15, 0.2) is 0 Å². The van der Waals surface area contributed by atoms with Crippen LogP contribution in [-0.2, 0) is 9.59 Å².